The number of rotatable bonds is 12. The fourth-order valence-corrected chi connectivity index (χ4v) is 7.14. The summed E-state index contributed by atoms with van der Waals surface area (Å²) in [4.78, 5) is 23.7. The summed E-state index contributed by atoms with van der Waals surface area (Å²) >= 11 is 3.21. The molecule has 0 bridgehead atoms. The number of carbonyl (C=O) groups excluding carboxylic acids is 2. The van der Waals surface area contributed by atoms with Crippen molar-refractivity contribution >= 4 is 35.1 Å². The highest BCUT2D eigenvalue weighted by molar-refractivity contribution is 8.01. The molecule has 1 saturated heterocycles. The maximum absolute atomic E-state index is 12.2. The van der Waals surface area contributed by atoms with E-state index in [1.54, 1.807) is 30.0 Å². The molecule has 4 atom stereocenters. The zero-order valence-corrected chi connectivity index (χ0v) is 27.6. The number of urea groups is 1. The third-order valence-corrected chi connectivity index (χ3v) is 9.63. The molecule has 4 aromatic rings. The minimum absolute atomic E-state index is 0.0135. The standard InChI is InChI=1S/C34H38N4O6S2/c1-4-42-30(40)18-36-33(41)35-17-24-7-5-8-26(15-24)27-9-6-10-28(16-27)32-43-29(20-45-34-38-37-22(3)46-34)21(2)31(44-32)25-13-11-23(19-39)12-14-25/h5-16,21,29,31-32,39H,4,17-20H2,1-3H3,(H2,35,36,41). The zero-order chi connectivity index (χ0) is 32.5. The number of carbonyl (C=O) groups is 2. The van der Waals surface area contributed by atoms with Gasteiger partial charge in [-0.3, -0.25) is 4.79 Å². The van der Waals surface area contributed by atoms with Gasteiger partial charge in [0.05, 0.1) is 25.4 Å². The van der Waals surface area contributed by atoms with Gasteiger partial charge in [-0.2, -0.15) is 0 Å². The Balaban J connectivity index is 1.32. The van der Waals surface area contributed by atoms with Crippen LogP contribution in [-0.2, 0) is 32.2 Å². The predicted molar refractivity (Wildman–Crippen MR) is 177 cm³/mol. The van der Waals surface area contributed by atoms with Crippen LogP contribution in [0.2, 0.25) is 0 Å². The molecule has 10 nitrogen and oxygen atoms in total. The fourth-order valence-electron chi connectivity index (χ4n) is 5.14. The van der Waals surface area contributed by atoms with Crippen molar-refractivity contribution < 1.29 is 28.9 Å². The molecule has 12 heteroatoms. The third-order valence-electron chi connectivity index (χ3n) is 7.57. The largest absolute Gasteiger partial charge is 0.465 e. The van der Waals surface area contributed by atoms with Crippen molar-refractivity contribution in [3.63, 3.8) is 0 Å². The van der Waals surface area contributed by atoms with Gasteiger partial charge < -0.3 is 30.0 Å². The number of ether oxygens (including phenoxy) is 3. The van der Waals surface area contributed by atoms with Crippen LogP contribution in [0.25, 0.3) is 11.1 Å². The molecule has 2 amide bonds. The highest BCUT2D eigenvalue weighted by Gasteiger charge is 2.38. The van der Waals surface area contributed by atoms with E-state index in [0.717, 1.165) is 42.7 Å². The van der Waals surface area contributed by atoms with E-state index < -0.39 is 18.3 Å². The van der Waals surface area contributed by atoms with Crippen molar-refractivity contribution in [1.29, 1.82) is 0 Å². The molecule has 0 aliphatic carbocycles. The first-order valence-electron chi connectivity index (χ1n) is 15.1. The first-order valence-corrected chi connectivity index (χ1v) is 16.9. The Hall–Kier alpha value is -3.81. The number of benzene rings is 3. The fraction of sp³-hybridized carbons (Fsp3) is 0.353. The third kappa shape index (κ3) is 8.92. The molecule has 4 unspecified atom stereocenters. The lowest BCUT2D eigenvalue weighted by Gasteiger charge is -2.41. The number of hydrogen-bond acceptors (Lipinski definition) is 10. The lowest BCUT2D eigenvalue weighted by molar-refractivity contribution is -0.268. The number of aromatic nitrogens is 2. The highest BCUT2D eigenvalue weighted by Crippen LogP contribution is 2.43. The van der Waals surface area contributed by atoms with Gasteiger partial charge in [-0.25, -0.2) is 4.79 Å². The molecule has 1 aromatic heterocycles. The monoisotopic (exact) mass is 662 g/mol. The number of esters is 1. The Labute approximate surface area is 276 Å². The van der Waals surface area contributed by atoms with Gasteiger partial charge in [0.1, 0.15) is 11.6 Å². The highest BCUT2D eigenvalue weighted by atomic mass is 32.2. The Bertz CT molecular complexity index is 1620. The molecule has 46 heavy (non-hydrogen) atoms. The first-order chi connectivity index (χ1) is 22.3. The van der Waals surface area contributed by atoms with Crippen molar-refractivity contribution in [3.8, 4) is 11.1 Å². The normalized spacial score (nSPS) is 19.4. The molecule has 1 aliphatic heterocycles. The van der Waals surface area contributed by atoms with Crippen LogP contribution in [0.5, 0.6) is 0 Å². The van der Waals surface area contributed by atoms with Crippen LogP contribution in [-0.4, -0.2) is 52.3 Å². The van der Waals surface area contributed by atoms with Crippen LogP contribution in [0.1, 0.15) is 53.5 Å². The minimum atomic E-state index is -0.603. The maximum Gasteiger partial charge on any atom is 0.325 e. The molecular weight excluding hydrogens is 625 g/mol. The number of aliphatic hydroxyl groups excluding tert-OH is 1. The molecule has 5 rings (SSSR count). The van der Waals surface area contributed by atoms with Crippen molar-refractivity contribution in [3.05, 3.63) is 100 Å². The van der Waals surface area contributed by atoms with Crippen molar-refractivity contribution in [2.24, 2.45) is 5.92 Å². The zero-order valence-electron chi connectivity index (χ0n) is 26.0. The van der Waals surface area contributed by atoms with Crippen LogP contribution in [0.3, 0.4) is 0 Å². The second-order valence-corrected chi connectivity index (χ2v) is 13.3. The summed E-state index contributed by atoms with van der Waals surface area (Å²) in [6, 6.07) is 23.4. The smallest absolute Gasteiger partial charge is 0.325 e. The van der Waals surface area contributed by atoms with E-state index in [2.05, 4.69) is 33.8 Å². The van der Waals surface area contributed by atoms with E-state index in [9.17, 15) is 14.7 Å². The topological polar surface area (TPSA) is 132 Å². The molecule has 3 aromatic carbocycles. The van der Waals surface area contributed by atoms with Gasteiger partial charge in [0.25, 0.3) is 0 Å². The molecule has 1 fully saturated rings. The Morgan fingerprint density at radius 2 is 1.72 bits per heavy atom. The van der Waals surface area contributed by atoms with Crippen molar-refractivity contribution in [2.45, 2.75) is 56.8 Å². The summed E-state index contributed by atoms with van der Waals surface area (Å²) in [5, 5.41) is 24.2. The molecule has 2 heterocycles. The SMILES string of the molecule is CCOC(=O)CNC(=O)NCc1cccc(-c2cccc(C3OC(CSc4nnc(C)s4)C(C)C(c4ccc(CO)cc4)O3)c2)c1. The summed E-state index contributed by atoms with van der Waals surface area (Å²) in [6.45, 7) is 6.16. The Kier molecular flexibility index (Phi) is 11.8. The van der Waals surface area contributed by atoms with Crippen LogP contribution in [0.15, 0.2) is 77.1 Å². The molecule has 242 valence electrons. The summed E-state index contributed by atoms with van der Waals surface area (Å²) in [7, 11) is 0. The average molecular weight is 663 g/mol. The van der Waals surface area contributed by atoms with Crippen LogP contribution in [0.4, 0.5) is 4.79 Å². The van der Waals surface area contributed by atoms with Gasteiger partial charge in [-0.05, 0) is 53.8 Å². The molecule has 0 spiro atoms. The quantitative estimate of drug-likeness (QED) is 0.124. The van der Waals surface area contributed by atoms with E-state index in [0.29, 0.717) is 12.3 Å². The van der Waals surface area contributed by atoms with Crippen molar-refractivity contribution in [2.75, 3.05) is 18.9 Å². The number of nitrogens with one attached hydrogen (secondary N) is 2. The van der Waals surface area contributed by atoms with Crippen LogP contribution in [0, 0.1) is 12.8 Å². The second-order valence-electron chi connectivity index (χ2n) is 10.9. The second kappa shape index (κ2) is 16.1. The van der Waals surface area contributed by atoms with Gasteiger partial charge in [0, 0.05) is 23.8 Å². The van der Waals surface area contributed by atoms with E-state index in [1.807, 2.05) is 73.7 Å². The van der Waals surface area contributed by atoms with E-state index in [1.165, 1.54) is 0 Å². The summed E-state index contributed by atoms with van der Waals surface area (Å²) in [5.74, 6) is 0.269. The predicted octanol–water partition coefficient (Wildman–Crippen LogP) is 5.95. The summed E-state index contributed by atoms with van der Waals surface area (Å²) < 4.78 is 19.0. The molecule has 1 aliphatic rings. The van der Waals surface area contributed by atoms with E-state index in [4.69, 9.17) is 14.2 Å². The van der Waals surface area contributed by atoms with Gasteiger partial charge in [-0.15, -0.1) is 10.2 Å². The summed E-state index contributed by atoms with van der Waals surface area (Å²) in [6.07, 6.45) is -0.946. The number of aryl methyl sites for hydroxylation is 1. The molecular formula is C34H38N4O6S2. The first kappa shape index (κ1) is 33.6. The van der Waals surface area contributed by atoms with Gasteiger partial charge in [0.15, 0.2) is 10.6 Å². The van der Waals surface area contributed by atoms with Crippen molar-refractivity contribution in [1.82, 2.24) is 20.8 Å². The van der Waals surface area contributed by atoms with E-state index >= 15 is 0 Å². The van der Waals surface area contributed by atoms with Gasteiger partial charge >= 0.3 is 12.0 Å². The summed E-state index contributed by atoms with van der Waals surface area (Å²) in [5.41, 5.74) is 5.64. The van der Waals surface area contributed by atoms with Gasteiger partial charge in [-0.1, -0.05) is 90.7 Å². The Morgan fingerprint density at radius 1 is 0.957 bits per heavy atom. The number of hydrogen-bond donors (Lipinski definition) is 3. The minimum Gasteiger partial charge on any atom is -0.465 e. The average Bonchev–Trinajstić information content (AvgIpc) is 3.51. The molecule has 0 saturated carbocycles. The number of aliphatic hydroxyl groups is 1. The van der Waals surface area contributed by atoms with E-state index in [-0.39, 0.29) is 37.9 Å². The van der Waals surface area contributed by atoms with Crippen LogP contribution < -0.4 is 10.6 Å². The molecule has 0 radical (unpaired) electrons. The number of nitrogens with zero attached hydrogens (tertiary/aromatic N) is 2. The maximum atomic E-state index is 12.2. The number of amides is 2. The lowest BCUT2D eigenvalue weighted by Crippen LogP contribution is -2.38. The Morgan fingerprint density at radius 3 is 2.43 bits per heavy atom. The van der Waals surface area contributed by atoms with Crippen LogP contribution >= 0.6 is 23.1 Å². The van der Waals surface area contributed by atoms with Gasteiger partial charge in [0.2, 0.25) is 0 Å². The lowest BCUT2D eigenvalue weighted by atomic mass is 9.91. The number of thioether (sulfide) groups is 1. The molecule has 3 N–H and O–H groups in total.